The molecule has 56 heavy (non-hydrogen) atoms. The number of hydrogen-bond donors (Lipinski definition) is 0. The topological polar surface area (TPSA) is 0 Å². The monoisotopic (exact) mass is 708 g/mol. The largest absolute Gasteiger partial charge is 0.0622 e. The van der Waals surface area contributed by atoms with Gasteiger partial charge in [0.25, 0.3) is 0 Å². The summed E-state index contributed by atoms with van der Waals surface area (Å²) in [5, 5.41) is 12.7. The van der Waals surface area contributed by atoms with Crippen molar-refractivity contribution in [3.05, 3.63) is 218 Å². The Morgan fingerprint density at radius 2 is 0.429 bits per heavy atom. The van der Waals surface area contributed by atoms with E-state index in [2.05, 4.69) is 218 Å². The first-order chi connectivity index (χ1) is 27.7. The minimum atomic E-state index is 1.23. The molecule has 0 radical (unpaired) electrons. The van der Waals surface area contributed by atoms with Crippen molar-refractivity contribution >= 4 is 53.9 Å². The SMILES string of the molecule is c1ccc(-c2ccc(-c3ccc4c(ccc5cc(-c6ccc7c(ccc8cc(-c9cccc(-c%10ccc%11ccccc%11c%10)c9)ccc87)c6)ccc54)c3)cc2)cc1. The van der Waals surface area contributed by atoms with Crippen molar-refractivity contribution in [3.63, 3.8) is 0 Å². The molecule has 0 nitrogen and oxygen atoms in total. The normalized spacial score (nSPS) is 11.6. The smallest absolute Gasteiger partial charge is 0.0105 e. The summed E-state index contributed by atoms with van der Waals surface area (Å²) < 4.78 is 0. The molecule has 0 fully saturated rings. The Hall–Kier alpha value is -7.28. The van der Waals surface area contributed by atoms with Gasteiger partial charge in [0.05, 0.1) is 0 Å². The highest BCUT2D eigenvalue weighted by atomic mass is 14.1. The van der Waals surface area contributed by atoms with Crippen molar-refractivity contribution in [1.29, 1.82) is 0 Å². The average molecular weight is 709 g/mol. The van der Waals surface area contributed by atoms with Gasteiger partial charge >= 0.3 is 0 Å². The average Bonchev–Trinajstić information content (AvgIpc) is 3.28. The van der Waals surface area contributed by atoms with Crippen molar-refractivity contribution in [3.8, 4) is 55.6 Å². The molecule has 0 saturated heterocycles. The van der Waals surface area contributed by atoms with Crippen molar-refractivity contribution in [2.24, 2.45) is 0 Å². The summed E-state index contributed by atoms with van der Waals surface area (Å²) in [5.41, 5.74) is 12.3. The third kappa shape index (κ3) is 5.72. The van der Waals surface area contributed by atoms with Crippen molar-refractivity contribution in [2.45, 2.75) is 0 Å². The molecule has 0 saturated carbocycles. The number of fused-ring (bicyclic) bond motifs is 7. The van der Waals surface area contributed by atoms with Gasteiger partial charge in [0.1, 0.15) is 0 Å². The lowest BCUT2D eigenvalue weighted by atomic mass is 9.92. The third-order valence-corrected chi connectivity index (χ3v) is 11.6. The van der Waals surface area contributed by atoms with Gasteiger partial charge in [-0.2, -0.15) is 0 Å². The van der Waals surface area contributed by atoms with Crippen molar-refractivity contribution in [1.82, 2.24) is 0 Å². The van der Waals surface area contributed by atoms with Gasteiger partial charge < -0.3 is 0 Å². The zero-order valence-corrected chi connectivity index (χ0v) is 30.8. The van der Waals surface area contributed by atoms with Crippen LogP contribution in [0.4, 0.5) is 0 Å². The van der Waals surface area contributed by atoms with Gasteiger partial charge in [-0.3, -0.25) is 0 Å². The lowest BCUT2D eigenvalue weighted by molar-refractivity contribution is 1.60. The first-order valence-electron chi connectivity index (χ1n) is 19.4. The highest BCUT2D eigenvalue weighted by Crippen LogP contribution is 2.37. The number of hydrogen-bond acceptors (Lipinski definition) is 0. The van der Waals surface area contributed by atoms with Crippen LogP contribution >= 0.6 is 0 Å². The van der Waals surface area contributed by atoms with Gasteiger partial charge in [0.15, 0.2) is 0 Å². The van der Waals surface area contributed by atoms with E-state index in [1.54, 1.807) is 0 Å². The Morgan fingerprint density at radius 1 is 0.143 bits per heavy atom. The van der Waals surface area contributed by atoms with Crippen LogP contribution in [0.15, 0.2) is 218 Å². The van der Waals surface area contributed by atoms with Crippen molar-refractivity contribution in [2.75, 3.05) is 0 Å². The van der Waals surface area contributed by atoms with E-state index in [0.29, 0.717) is 0 Å². The first-order valence-corrected chi connectivity index (χ1v) is 19.4. The van der Waals surface area contributed by atoms with Gasteiger partial charge in [-0.05, 0) is 146 Å². The Morgan fingerprint density at radius 3 is 0.911 bits per heavy atom. The highest BCUT2D eigenvalue weighted by Gasteiger charge is 2.10. The number of rotatable bonds is 5. The second-order valence-corrected chi connectivity index (χ2v) is 15.0. The molecular formula is C56H36. The van der Waals surface area contributed by atoms with Crippen molar-refractivity contribution < 1.29 is 0 Å². The minimum absolute atomic E-state index is 1.23. The summed E-state index contributed by atoms with van der Waals surface area (Å²) in [6.07, 6.45) is 0. The number of benzene rings is 11. The maximum absolute atomic E-state index is 2.34. The van der Waals surface area contributed by atoms with Crippen LogP contribution in [0.3, 0.4) is 0 Å². The fraction of sp³-hybridized carbons (Fsp3) is 0. The van der Waals surface area contributed by atoms with E-state index in [4.69, 9.17) is 0 Å². The summed E-state index contributed by atoms with van der Waals surface area (Å²) in [4.78, 5) is 0. The van der Waals surface area contributed by atoms with Crippen LogP contribution in [0.2, 0.25) is 0 Å². The van der Waals surface area contributed by atoms with E-state index < -0.39 is 0 Å². The van der Waals surface area contributed by atoms with E-state index in [9.17, 15) is 0 Å². The Bertz CT molecular complexity index is 3280. The summed E-state index contributed by atoms with van der Waals surface area (Å²) in [6.45, 7) is 0. The molecule has 11 rings (SSSR count). The molecule has 11 aromatic rings. The van der Waals surface area contributed by atoms with Crippen LogP contribution in [0, 0.1) is 0 Å². The quantitative estimate of drug-likeness (QED) is 0.156. The molecule has 0 aliphatic rings. The standard InChI is InChI=1S/C56H36/c1-2-7-37(8-3-1)39-13-15-40(16-14-39)44-23-27-53-49(33-44)19-20-51-35-47(25-29-55(51)53)48-26-30-56-52(36-48)22-21-50-34-46(24-28-54(50)56)43-12-6-11-42(32-43)45-18-17-38-9-4-5-10-41(38)31-45/h1-36H. The lowest BCUT2D eigenvalue weighted by Crippen LogP contribution is -1.85. The first kappa shape index (κ1) is 32.2. The summed E-state index contributed by atoms with van der Waals surface area (Å²) >= 11 is 0. The highest BCUT2D eigenvalue weighted by molar-refractivity contribution is 6.11. The fourth-order valence-electron chi connectivity index (χ4n) is 8.59. The lowest BCUT2D eigenvalue weighted by Gasteiger charge is -2.12. The molecule has 0 unspecified atom stereocenters. The van der Waals surface area contributed by atoms with Gasteiger partial charge in [-0.25, -0.2) is 0 Å². The molecular weight excluding hydrogens is 673 g/mol. The molecule has 11 aromatic carbocycles. The van der Waals surface area contributed by atoms with Crippen LogP contribution in [0.1, 0.15) is 0 Å². The van der Waals surface area contributed by atoms with Crippen LogP contribution in [-0.2, 0) is 0 Å². The molecule has 0 aliphatic carbocycles. The predicted molar refractivity (Wildman–Crippen MR) is 241 cm³/mol. The summed E-state index contributed by atoms with van der Waals surface area (Å²) in [7, 11) is 0. The molecule has 0 bridgehead atoms. The Labute approximate surface area is 326 Å². The molecule has 0 heterocycles. The maximum atomic E-state index is 2.34. The van der Waals surface area contributed by atoms with Gasteiger partial charge in [-0.1, -0.05) is 182 Å². The van der Waals surface area contributed by atoms with Gasteiger partial charge in [-0.15, -0.1) is 0 Å². The minimum Gasteiger partial charge on any atom is -0.0622 e. The van der Waals surface area contributed by atoms with E-state index in [0.717, 1.165) is 0 Å². The second-order valence-electron chi connectivity index (χ2n) is 15.0. The molecule has 0 atom stereocenters. The zero-order chi connectivity index (χ0) is 37.0. The van der Waals surface area contributed by atoms with Gasteiger partial charge in [0, 0.05) is 0 Å². The van der Waals surface area contributed by atoms with Crippen LogP contribution in [-0.4, -0.2) is 0 Å². The Kier molecular flexibility index (Phi) is 7.60. The van der Waals surface area contributed by atoms with Crippen LogP contribution in [0.25, 0.3) is 109 Å². The zero-order valence-electron chi connectivity index (χ0n) is 30.8. The molecule has 0 aromatic heterocycles. The molecule has 0 N–H and O–H groups in total. The molecule has 0 amide bonds. The van der Waals surface area contributed by atoms with E-state index in [-0.39, 0.29) is 0 Å². The second kappa shape index (κ2) is 13.2. The Balaban J connectivity index is 0.876. The molecule has 0 aliphatic heterocycles. The van der Waals surface area contributed by atoms with Crippen LogP contribution < -0.4 is 0 Å². The van der Waals surface area contributed by atoms with E-state index >= 15 is 0 Å². The predicted octanol–water partition coefficient (Wildman–Crippen LogP) is 15.8. The third-order valence-electron chi connectivity index (χ3n) is 11.6. The molecule has 0 spiro atoms. The molecule has 0 heteroatoms. The van der Waals surface area contributed by atoms with Gasteiger partial charge in [0.2, 0.25) is 0 Å². The molecule has 260 valence electrons. The van der Waals surface area contributed by atoms with E-state index in [1.165, 1.54) is 109 Å². The fourth-order valence-corrected chi connectivity index (χ4v) is 8.59. The summed E-state index contributed by atoms with van der Waals surface area (Å²) in [5.74, 6) is 0. The summed E-state index contributed by atoms with van der Waals surface area (Å²) in [6, 6.07) is 80.3. The maximum Gasteiger partial charge on any atom is -0.0105 e. The van der Waals surface area contributed by atoms with E-state index in [1.807, 2.05) is 0 Å². The van der Waals surface area contributed by atoms with Crippen LogP contribution in [0.5, 0.6) is 0 Å².